The average molecular weight is 299 g/mol. The molecule has 0 saturated carbocycles. The molecule has 22 heavy (non-hydrogen) atoms. The van der Waals surface area contributed by atoms with Crippen molar-refractivity contribution in [1.82, 2.24) is 10.1 Å². The molecule has 0 saturated heterocycles. The van der Waals surface area contributed by atoms with Crippen LogP contribution in [0.25, 0.3) is 11.4 Å². The fourth-order valence-corrected chi connectivity index (χ4v) is 1.89. The number of hydrogen-bond donors (Lipinski definition) is 1. The van der Waals surface area contributed by atoms with Crippen molar-refractivity contribution in [1.29, 1.82) is 0 Å². The zero-order chi connectivity index (χ0) is 15.4. The minimum atomic E-state index is -0.0130. The van der Waals surface area contributed by atoms with Crippen LogP contribution >= 0.6 is 0 Å². The first-order valence-corrected chi connectivity index (χ1v) is 6.51. The summed E-state index contributed by atoms with van der Waals surface area (Å²) in [6.07, 6.45) is 1.52. The molecule has 0 amide bonds. The summed E-state index contributed by atoms with van der Waals surface area (Å²) in [5.74, 6) is 1.07. The highest BCUT2D eigenvalue weighted by molar-refractivity contribution is 6.07. The lowest BCUT2D eigenvalue weighted by Crippen LogP contribution is -2.03. The third-order valence-corrected chi connectivity index (χ3v) is 2.96. The van der Waals surface area contributed by atoms with Gasteiger partial charge in [-0.1, -0.05) is 34.6 Å². The van der Waals surface area contributed by atoms with Crippen molar-refractivity contribution < 1.29 is 18.9 Å². The van der Waals surface area contributed by atoms with E-state index in [0.29, 0.717) is 17.3 Å². The van der Waals surface area contributed by atoms with E-state index in [-0.39, 0.29) is 12.5 Å². The molecular weight excluding hydrogens is 286 g/mol. The van der Waals surface area contributed by atoms with Gasteiger partial charge in [-0.05, 0) is 17.7 Å². The molecule has 112 valence electrons. The maximum Gasteiger partial charge on any atom is 0.284 e. The molecule has 7 heteroatoms. The topological polar surface area (TPSA) is 93.9 Å². The molecule has 2 aromatic heterocycles. The van der Waals surface area contributed by atoms with Crippen LogP contribution in [0.3, 0.4) is 0 Å². The molecule has 0 spiro atoms. The molecule has 3 rings (SSSR count). The third-order valence-electron chi connectivity index (χ3n) is 2.96. The molecule has 1 aromatic carbocycles. The third kappa shape index (κ3) is 2.75. The van der Waals surface area contributed by atoms with E-state index in [1.807, 2.05) is 0 Å². The van der Waals surface area contributed by atoms with Crippen molar-refractivity contribution in [3.05, 3.63) is 59.9 Å². The number of aromatic nitrogens is 2. The number of furan rings is 1. The van der Waals surface area contributed by atoms with Crippen LogP contribution in [-0.2, 0) is 11.4 Å². The van der Waals surface area contributed by atoms with Crippen LogP contribution in [0, 0.1) is 0 Å². The summed E-state index contributed by atoms with van der Waals surface area (Å²) in [6, 6.07) is 10.6. The van der Waals surface area contributed by atoms with Crippen LogP contribution in [0.2, 0.25) is 0 Å². The predicted molar refractivity (Wildman–Crippen MR) is 77.0 cm³/mol. The molecule has 0 fully saturated rings. The van der Waals surface area contributed by atoms with Gasteiger partial charge in [0.05, 0.1) is 12.9 Å². The van der Waals surface area contributed by atoms with Gasteiger partial charge in [-0.3, -0.25) is 0 Å². The standard InChI is InChI=1S/C15H13N3O4/c1-20-17-13(12-3-2-8-21-12)15-16-14(18-22-15)11-6-4-10(9-19)5-7-11/h2-8,19H,9H2,1H3/b17-13-. The Hall–Kier alpha value is -2.93. The van der Waals surface area contributed by atoms with E-state index in [0.717, 1.165) is 11.1 Å². The van der Waals surface area contributed by atoms with Gasteiger partial charge in [0.2, 0.25) is 11.5 Å². The van der Waals surface area contributed by atoms with Crippen molar-refractivity contribution in [2.45, 2.75) is 6.61 Å². The first-order valence-electron chi connectivity index (χ1n) is 6.51. The number of oxime groups is 1. The van der Waals surface area contributed by atoms with Crippen molar-refractivity contribution in [2.24, 2.45) is 5.16 Å². The Morgan fingerprint density at radius 2 is 2.09 bits per heavy atom. The summed E-state index contributed by atoms with van der Waals surface area (Å²) in [5, 5.41) is 16.8. The molecule has 1 N–H and O–H groups in total. The summed E-state index contributed by atoms with van der Waals surface area (Å²) < 4.78 is 10.5. The van der Waals surface area contributed by atoms with E-state index in [1.54, 1.807) is 36.4 Å². The predicted octanol–water partition coefficient (Wildman–Crippen LogP) is 2.22. The van der Waals surface area contributed by atoms with Gasteiger partial charge < -0.3 is 18.9 Å². The number of aliphatic hydroxyl groups is 1. The van der Waals surface area contributed by atoms with E-state index in [1.165, 1.54) is 13.4 Å². The van der Waals surface area contributed by atoms with E-state index < -0.39 is 0 Å². The number of rotatable bonds is 5. The van der Waals surface area contributed by atoms with Crippen molar-refractivity contribution in [3.63, 3.8) is 0 Å². The summed E-state index contributed by atoms with van der Waals surface area (Å²) in [4.78, 5) is 9.10. The molecule has 0 atom stereocenters. The Balaban J connectivity index is 1.93. The second kappa shape index (κ2) is 6.23. The van der Waals surface area contributed by atoms with Gasteiger partial charge in [0.15, 0.2) is 5.76 Å². The second-order valence-electron chi connectivity index (χ2n) is 4.38. The Bertz CT molecular complexity index is 760. The van der Waals surface area contributed by atoms with Crippen molar-refractivity contribution in [2.75, 3.05) is 7.11 Å². The van der Waals surface area contributed by atoms with Gasteiger partial charge in [0, 0.05) is 5.56 Å². The molecule has 0 aliphatic heterocycles. The zero-order valence-electron chi connectivity index (χ0n) is 11.8. The van der Waals surface area contributed by atoms with Crippen molar-refractivity contribution >= 4 is 5.71 Å². The number of hydrogen-bond acceptors (Lipinski definition) is 7. The largest absolute Gasteiger partial charge is 0.462 e. The number of aliphatic hydroxyl groups excluding tert-OH is 1. The van der Waals surface area contributed by atoms with Crippen LogP contribution in [0.5, 0.6) is 0 Å². The summed E-state index contributed by atoms with van der Waals surface area (Å²) in [6.45, 7) is -0.0130. The van der Waals surface area contributed by atoms with Crippen LogP contribution in [0.1, 0.15) is 17.2 Å². The van der Waals surface area contributed by atoms with Gasteiger partial charge in [0.25, 0.3) is 5.89 Å². The maximum atomic E-state index is 9.05. The van der Waals surface area contributed by atoms with Gasteiger partial charge in [-0.15, -0.1) is 0 Å². The fraction of sp³-hybridized carbons (Fsp3) is 0.133. The lowest BCUT2D eigenvalue weighted by atomic mass is 10.1. The quantitative estimate of drug-likeness (QED) is 0.573. The van der Waals surface area contributed by atoms with Crippen molar-refractivity contribution in [3.8, 4) is 11.4 Å². The van der Waals surface area contributed by atoms with Gasteiger partial charge in [0.1, 0.15) is 7.11 Å². The first kappa shape index (κ1) is 14.0. The molecule has 0 aliphatic carbocycles. The van der Waals surface area contributed by atoms with Crippen LogP contribution in [-0.4, -0.2) is 28.1 Å². The average Bonchev–Trinajstić information content (AvgIpc) is 3.24. The van der Waals surface area contributed by atoms with Gasteiger partial charge >= 0.3 is 0 Å². The SMILES string of the molecule is CO/N=C(/c1ccco1)c1nc(-c2ccc(CO)cc2)no1. The van der Waals surface area contributed by atoms with E-state index in [2.05, 4.69) is 15.3 Å². The summed E-state index contributed by atoms with van der Waals surface area (Å²) in [7, 11) is 1.42. The molecular formula is C15H13N3O4. The Morgan fingerprint density at radius 1 is 1.27 bits per heavy atom. The highest BCUT2D eigenvalue weighted by Crippen LogP contribution is 2.18. The van der Waals surface area contributed by atoms with Crippen LogP contribution < -0.4 is 0 Å². The highest BCUT2D eigenvalue weighted by Gasteiger charge is 2.19. The zero-order valence-corrected chi connectivity index (χ0v) is 11.8. The molecule has 0 radical (unpaired) electrons. The number of nitrogens with zero attached hydrogens (tertiary/aromatic N) is 3. The number of benzene rings is 1. The second-order valence-corrected chi connectivity index (χ2v) is 4.38. The Kier molecular flexibility index (Phi) is 3.97. The first-order chi connectivity index (χ1) is 10.8. The lowest BCUT2D eigenvalue weighted by Gasteiger charge is -1.97. The molecule has 0 bridgehead atoms. The van der Waals surface area contributed by atoms with E-state index >= 15 is 0 Å². The Morgan fingerprint density at radius 3 is 2.73 bits per heavy atom. The lowest BCUT2D eigenvalue weighted by molar-refractivity contribution is 0.212. The monoisotopic (exact) mass is 299 g/mol. The van der Waals surface area contributed by atoms with E-state index in [9.17, 15) is 0 Å². The Labute approximate surface area is 125 Å². The minimum Gasteiger partial charge on any atom is -0.462 e. The van der Waals surface area contributed by atoms with Gasteiger partial charge in [-0.2, -0.15) is 4.98 Å². The smallest absolute Gasteiger partial charge is 0.284 e. The van der Waals surface area contributed by atoms with Crippen LogP contribution in [0.15, 0.2) is 56.8 Å². The summed E-state index contributed by atoms with van der Waals surface area (Å²) in [5.41, 5.74) is 1.89. The maximum absolute atomic E-state index is 9.05. The molecule has 0 aliphatic rings. The molecule has 7 nitrogen and oxygen atoms in total. The molecule has 2 heterocycles. The van der Waals surface area contributed by atoms with Gasteiger partial charge in [-0.25, -0.2) is 0 Å². The molecule has 3 aromatic rings. The molecule has 0 unspecified atom stereocenters. The highest BCUT2D eigenvalue weighted by atomic mass is 16.6. The minimum absolute atomic E-state index is 0.0130. The fourth-order valence-electron chi connectivity index (χ4n) is 1.89. The van der Waals surface area contributed by atoms with E-state index in [4.69, 9.17) is 18.9 Å². The normalized spacial score (nSPS) is 11.6. The van der Waals surface area contributed by atoms with Crippen LogP contribution in [0.4, 0.5) is 0 Å². The summed E-state index contributed by atoms with van der Waals surface area (Å²) >= 11 is 0.